The fourth-order valence-corrected chi connectivity index (χ4v) is 3.28. The lowest BCUT2D eigenvalue weighted by atomic mass is 9.82. The Morgan fingerprint density at radius 2 is 1.89 bits per heavy atom. The van der Waals surface area contributed by atoms with Gasteiger partial charge >= 0.3 is 0 Å². The summed E-state index contributed by atoms with van der Waals surface area (Å²) in [4.78, 5) is 0. The Morgan fingerprint density at radius 1 is 1.11 bits per heavy atom. The summed E-state index contributed by atoms with van der Waals surface area (Å²) < 4.78 is 12.1. The fourth-order valence-electron chi connectivity index (χ4n) is 3.28. The number of hydrogen-bond donors (Lipinski definition) is 1. The molecule has 3 nitrogen and oxygen atoms in total. The maximum atomic E-state index is 6.31. The van der Waals surface area contributed by atoms with Gasteiger partial charge in [-0.3, -0.25) is 0 Å². The maximum absolute atomic E-state index is 6.31. The van der Waals surface area contributed by atoms with Gasteiger partial charge in [0.15, 0.2) is 0 Å². The third-order valence-electron chi connectivity index (χ3n) is 4.52. The third-order valence-corrected chi connectivity index (χ3v) is 4.52. The van der Waals surface area contributed by atoms with Gasteiger partial charge in [0.25, 0.3) is 0 Å². The smallest absolute Gasteiger partial charge is 0.0988 e. The van der Waals surface area contributed by atoms with Crippen molar-refractivity contribution in [2.45, 2.75) is 83.1 Å². The first kappa shape index (κ1) is 14.3. The molecule has 106 valence electrons. The molecule has 18 heavy (non-hydrogen) atoms. The Hall–Kier alpha value is -0.120. The van der Waals surface area contributed by atoms with Gasteiger partial charge in [-0.15, -0.1) is 0 Å². The van der Waals surface area contributed by atoms with Crippen LogP contribution >= 0.6 is 0 Å². The summed E-state index contributed by atoms with van der Waals surface area (Å²) in [6, 6.07) is 0.185. The first-order valence-electron chi connectivity index (χ1n) is 7.78. The zero-order valence-corrected chi connectivity index (χ0v) is 11.9. The van der Waals surface area contributed by atoms with Gasteiger partial charge in [-0.1, -0.05) is 33.1 Å². The van der Waals surface area contributed by atoms with Crippen LogP contribution in [0, 0.1) is 5.92 Å². The molecule has 2 aliphatic rings. The second-order valence-corrected chi connectivity index (χ2v) is 5.90. The standard InChI is InChI=1S/C15H29NO2/c1-3-9-17-15-12(16)10-14(15)18-13-8-6-5-7-11(13)4-2/h11-15H,3-10,16H2,1-2H3. The molecule has 5 atom stereocenters. The second kappa shape index (κ2) is 6.88. The molecule has 5 unspecified atom stereocenters. The van der Waals surface area contributed by atoms with Crippen molar-refractivity contribution in [3.05, 3.63) is 0 Å². The molecule has 2 N–H and O–H groups in total. The zero-order valence-electron chi connectivity index (χ0n) is 11.9. The van der Waals surface area contributed by atoms with Gasteiger partial charge in [0, 0.05) is 12.6 Å². The van der Waals surface area contributed by atoms with Crippen LogP contribution in [0.3, 0.4) is 0 Å². The lowest BCUT2D eigenvalue weighted by Gasteiger charge is -2.45. The molecule has 0 aromatic carbocycles. The van der Waals surface area contributed by atoms with Crippen molar-refractivity contribution in [3.63, 3.8) is 0 Å². The lowest BCUT2D eigenvalue weighted by molar-refractivity contribution is -0.176. The molecule has 2 fully saturated rings. The normalized spacial score (nSPS) is 40.5. The van der Waals surface area contributed by atoms with Crippen LogP contribution < -0.4 is 5.73 Å². The van der Waals surface area contributed by atoms with Crippen LogP contribution in [-0.4, -0.2) is 31.0 Å². The molecule has 0 aliphatic heterocycles. The summed E-state index contributed by atoms with van der Waals surface area (Å²) >= 11 is 0. The summed E-state index contributed by atoms with van der Waals surface area (Å²) in [7, 11) is 0. The SMILES string of the molecule is CCCOC1C(N)CC1OC1CCCCC1CC. The van der Waals surface area contributed by atoms with E-state index in [4.69, 9.17) is 15.2 Å². The first-order valence-corrected chi connectivity index (χ1v) is 7.78. The number of ether oxygens (including phenoxy) is 2. The van der Waals surface area contributed by atoms with E-state index in [0.29, 0.717) is 6.10 Å². The molecule has 2 aliphatic carbocycles. The second-order valence-electron chi connectivity index (χ2n) is 5.90. The molecule has 0 radical (unpaired) electrons. The minimum Gasteiger partial charge on any atom is -0.374 e. The van der Waals surface area contributed by atoms with Crippen molar-refractivity contribution in [3.8, 4) is 0 Å². The summed E-state index contributed by atoms with van der Waals surface area (Å²) in [5.41, 5.74) is 6.02. The number of rotatable bonds is 6. The molecular formula is C15H29NO2. The number of hydrogen-bond acceptors (Lipinski definition) is 3. The van der Waals surface area contributed by atoms with E-state index in [9.17, 15) is 0 Å². The van der Waals surface area contributed by atoms with E-state index in [2.05, 4.69) is 13.8 Å². The van der Waals surface area contributed by atoms with E-state index in [1.54, 1.807) is 0 Å². The predicted octanol–water partition coefficient (Wildman–Crippen LogP) is 2.87. The van der Waals surface area contributed by atoms with Gasteiger partial charge in [0.2, 0.25) is 0 Å². The molecule has 2 saturated carbocycles. The highest BCUT2D eigenvalue weighted by Gasteiger charge is 2.42. The van der Waals surface area contributed by atoms with Crippen LogP contribution in [-0.2, 0) is 9.47 Å². The van der Waals surface area contributed by atoms with Crippen molar-refractivity contribution >= 4 is 0 Å². The van der Waals surface area contributed by atoms with Gasteiger partial charge in [-0.25, -0.2) is 0 Å². The summed E-state index contributed by atoms with van der Waals surface area (Å²) in [5.74, 6) is 0.752. The average Bonchev–Trinajstić information content (AvgIpc) is 2.39. The Morgan fingerprint density at radius 3 is 2.56 bits per heavy atom. The summed E-state index contributed by atoms with van der Waals surface area (Å²) in [5, 5.41) is 0. The van der Waals surface area contributed by atoms with E-state index in [-0.39, 0.29) is 18.2 Å². The highest BCUT2D eigenvalue weighted by molar-refractivity contribution is 4.96. The summed E-state index contributed by atoms with van der Waals surface area (Å²) in [6.45, 7) is 5.22. The molecule has 0 aromatic heterocycles. The van der Waals surface area contributed by atoms with Crippen molar-refractivity contribution in [1.29, 1.82) is 0 Å². The summed E-state index contributed by atoms with van der Waals surface area (Å²) in [6.07, 6.45) is 9.37. The van der Waals surface area contributed by atoms with Crippen LogP contribution in [0.1, 0.15) is 58.8 Å². The largest absolute Gasteiger partial charge is 0.374 e. The van der Waals surface area contributed by atoms with Gasteiger partial charge in [0.1, 0.15) is 0 Å². The van der Waals surface area contributed by atoms with E-state index < -0.39 is 0 Å². The van der Waals surface area contributed by atoms with Crippen molar-refractivity contribution < 1.29 is 9.47 Å². The Bertz CT molecular complexity index is 247. The highest BCUT2D eigenvalue weighted by atomic mass is 16.6. The van der Waals surface area contributed by atoms with Crippen molar-refractivity contribution in [1.82, 2.24) is 0 Å². The first-order chi connectivity index (χ1) is 8.76. The van der Waals surface area contributed by atoms with E-state index in [1.807, 2.05) is 0 Å². The minimum atomic E-state index is 0.143. The average molecular weight is 255 g/mol. The number of nitrogens with two attached hydrogens (primary N) is 1. The van der Waals surface area contributed by atoms with E-state index >= 15 is 0 Å². The zero-order chi connectivity index (χ0) is 13.0. The minimum absolute atomic E-state index is 0.143. The lowest BCUT2D eigenvalue weighted by Crippen LogP contribution is -2.59. The highest BCUT2D eigenvalue weighted by Crippen LogP contribution is 2.34. The topological polar surface area (TPSA) is 44.5 Å². The van der Waals surface area contributed by atoms with Gasteiger partial charge in [-0.05, 0) is 31.6 Å². The molecule has 0 bridgehead atoms. The molecule has 2 rings (SSSR count). The van der Waals surface area contributed by atoms with Gasteiger partial charge < -0.3 is 15.2 Å². The molecule has 0 heterocycles. The molecule has 0 aromatic rings. The van der Waals surface area contributed by atoms with E-state index in [0.717, 1.165) is 25.4 Å². The van der Waals surface area contributed by atoms with Gasteiger partial charge in [0.05, 0.1) is 18.3 Å². The predicted molar refractivity (Wildman–Crippen MR) is 73.5 cm³/mol. The monoisotopic (exact) mass is 255 g/mol. The van der Waals surface area contributed by atoms with Crippen molar-refractivity contribution in [2.24, 2.45) is 11.7 Å². The third kappa shape index (κ3) is 3.25. The molecule has 0 saturated heterocycles. The molecule has 3 heteroatoms. The van der Waals surface area contributed by atoms with Crippen LogP contribution in [0.2, 0.25) is 0 Å². The molecule has 0 amide bonds. The Labute approximate surface area is 111 Å². The van der Waals surface area contributed by atoms with Crippen molar-refractivity contribution in [2.75, 3.05) is 6.61 Å². The van der Waals surface area contributed by atoms with Gasteiger partial charge in [-0.2, -0.15) is 0 Å². The maximum Gasteiger partial charge on any atom is 0.0988 e. The van der Waals surface area contributed by atoms with Crippen LogP contribution in [0.5, 0.6) is 0 Å². The fraction of sp³-hybridized carbons (Fsp3) is 1.00. The molecular weight excluding hydrogens is 226 g/mol. The Kier molecular flexibility index (Phi) is 5.46. The van der Waals surface area contributed by atoms with Crippen LogP contribution in [0.25, 0.3) is 0 Å². The quantitative estimate of drug-likeness (QED) is 0.793. The molecule has 0 spiro atoms. The van der Waals surface area contributed by atoms with E-state index in [1.165, 1.54) is 32.1 Å². The van der Waals surface area contributed by atoms with Crippen LogP contribution in [0.4, 0.5) is 0 Å². The van der Waals surface area contributed by atoms with Crippen LogP contribution in [0.15, 0.2) is 0 Å². The Balaban J connectivity index is 1.80.